The summed E-state index contributed by atoms with van der Waals surface area (Å²) in [6.07, 6.45) is 11.0. The van der Waals surface area contributed by atoms with Gasteiger partial charge in [0.05, 0.1) is 6.10 Å². The topological polar surface area (TPSA) is 9.23 Å². The standard InChI is InChI=1S/C36H54.C25H30O.C25H30/c1-30(2,3)26-17-22-23-18-27(31(4,5)6)29(33(10,11)12)20-25(23)36(34(13,14)21-35(36,15)16)24(22)19-28(26)32(7,8)9;1-23(2)16-24(3,4)25(23)21-10-6-5-9-19(21)20-12-11-17(15-22(20)25)14-18-8-7-13-26-18;1-7-17(2)14-18-12-13-20-19-10-8-9-11-21(19)25(22(20)15-18)23(3,4)16-24(25,5)6/h17-20H,21H2,1-16H3;5-6,9-12,15,18H,7-8,13-14,16H2,1-4H3;7-13,15H,14,16H2,1-6H3/b;;17-7+. The van der Waals surface area contributed by atoms with Crippen molar-refractivity contribution in [3.63, 3.8) is 0 Å². The van der Waals surface area contributed by atoms with E-state index in [1.165, 1.54) is 104 Å². The van der Waals surface area contributed by atoms with Crippen LogP contribution in [0.1, 0.15) is 279 Å². The smallest absolute Gasteiger partial charge is 0.0616 e. The van der Waals surface area contributed by atoms with E-state index in [1.54, 1.807) is 33.4 Å². The third kappa shape index (κ3) is 9.08. The molecule has 6 aliphatic carbocycles. The van der Waals surface area contributed by atoms with Crippen LogP contribution in [0.2, 0.25) is 0 Å². The third-order valence-corrected chi connectivity index (χ3v) is 24.1. The zero-order chi connectivity index (χ0) is 63.8. The minimum atomic E-state index is 0.0253. The number of hydrogen-bond donors (Lipinski definition) is 0. The van der Waals surface area contributed by atoms with Crippen LogP contribution >= 0.6 is 0 Å². The number of fused-ring (bicyclic) bond motifs is 15. The number of hydrogen-bond acceptors (Lipinski definition) is 1. The number of rotatable bonds is 4. The molecule has 0 amide bonds. The van der Waals surface area contributed by atoms with Crippen LogP contribution in [0.4, 0.5) is 0 Å². The molecular weight excluding hydrogens is 1050 g/mol. The molecule has 1 atom stereocenters. The molecule has 3 spiro atoms. The lowest BCUT2D eigenvalue weighted by Gasteiger charge is -2.67. The fourth-order valence-corrected chi connectivity index (χ4v) is 22.2. The summed E-state index contributed by atoms with van der Waals surface area (Å²) in [6, 6.07) is 43.3. The highest BCUT2D eigenvalue weighted by Crippen LogP contribution is 2.78. The van der Waals surface area contributed by atoms with Crippen LogP contribution in [0.5, 0.6) is 0 Å². The lowest BCUT2D eigenvalue weighted by molar-refractivity contribution is -0.0860. The Bertz CT molecular complexity index is 3610. The summed E-state index contributed by atoms with van der Waals surface area (Å²) in [5.74, 6) is 0. The predicted molar refractivity (Wildman–Crippen MR) is 375 cm³/mol. The van der Waals surface area contributed by atoms with Crippen LogP contribution in [-0.4, -0.2) is 12.7 Å². The van der Waals surface area contributed by atoms with Gasteiger partial charge < -0.3 is 4.74 Å². The quantitative estimate of drug-likeness (QED) is 0.160. The van der Waals surface area contributed by atoms with Crippen molar-refractivity contribution < 1.29 is 4.74 Å². The predicted octanol–water partition coefficient (Wildman–Crippen LogP) is 23.6. The zero-order valence-corrected chi connectivity index (χ0v) is 59.6. The van der Waals surface area contributed by atoms with E-state index in [2.05, 4.69) is 295 Å². The van der Waals surface area contributed by atoms with Gasteiger partial charge in [0, 0.05) is 22.9 Å². The van der Waals surface area contributed by atoms with Gasteiger partial charge in [-0.1, -0.05) is 287 Å². The molecule has 1 saturated heterocycles. The van der Waals surface area contributed by atoms with Gasteiger partial charge in [-0.15, -0.1) is 0 Å². The molecule has 1 heterocycles. The Hall–Kier alpha value is -4.98. The first-order valence-corrected chi connectivity index (χ1v) is 34.1. The lowest BCUT2D eigenvalue weighted by atomic mass is 9.35. The molecule has 13 rings (SSSR count). The Morgan fingerprint density at radius 3 is 1.07 bits per heavy atom. The molecule has 0 bridgehead atoms. The third-order valence-electron chi connectivity index (χ3n) is 24.1. The molecule has 1 nitrogen and oxygen atoms in total. The molecule has 1 aliphatic heterocycles. The first-order chi connectivity index (χ1) is 40.0. The Morgan fingerprint density at radius 1 is 0.402 bits per heavy atom. The number of benzene rings is 6. The van der Waals surface area contributed by atoms with Gasteiger partial charge in [-0.25, -0.2) is 0 Å². The minimum absolute atomic E-state index is 0.0253. The fourth-order valence-electron chi connectivity index (χ4n) is 22.2. The highest BCUT2D eigenvalue weighted by atomic mass is 16.5. The van der Waals surface area contributed by atoms with Gasteiger partial charge >= 0.3 is 0 Å². The molecule has 6 aromatic rings. The molecule has 1 heteroatoms. The van der Waals surface area contributed by atoms with E-state index in [0.29, 0.717) is 6.10 Å². The van der Waals surface area contributed by atoms with E-state index >= 15 is 0 Å². The van der Waals surface area contributed by atoms with Gasteiger partial charge in [0.15, 0.2) is 0 Å². The highest BCUT2D eigenvalue weighted by Gasteiger charge is 2.72. The van der Waals surface area contributed by atoms with Crippen LogP contribution < -0.4 is 0 Å². The first-order valence-electron chi connectivity index (χ1n) is 34.1. The Morgan fingerprint density at radius 2 is 0.724 bits per heavy atom. The fraction of sp³-hybridized carbons (Fsp3) is 0.558. The Balaban J connectivity index is 0.000000138. The summed E-state index contributed by atoms with van der Waals surface area (Å²) in [7, 11) is 0. The second kappa shape index (κ2) is 20.0. The second-order valence-corrected chi connectivity index (χ2v) is 37.0. The highest BCUT2D eigenvalue weighted by molar-refractivity contribution is 5.87. The van der Waals surface area contributed by atoms with Gasteiger partial charge in [-0.3, -0.25) is 0 Å². The van der Waals surface area contributed by atoms with E-state index in [1.807, 2.05) is 0 Å². The molecular formula is C86H114O. The van der Waals surface area contributed by atoms with Crippen LogP contribution in [0, 0.1) is 32.5 Å². The molecule has 4 fully saturated rings. The summed E-state index contributed by atoms with van der Waals surface area (Å²) in [6.45, 7) is 63.8. The summed E-state index contributed by atoms with van der Waals surface area (Å²) < 4.78 is 5.91. The first kappa shape index (κ1) is 63.6. The van der Waals surface area contributed by atoms with Crippen molar-refractivity contribution in [1.82, 2.24) is 0 Å². The maximum Gasteiger partial charge on any atom is 0.0616 e. The Labute approximate surface area is 530 Å². The van der Waals surface area contributed by atoms with Gasteiger partial charge in [0.1, 0.15) is 0 Å². The molecule has 464 valence electrons. The van der Waals surface area contributed by atoms with Crippen molar-refractivity contribution in [1.29, 1.82) is 0 Å². The van der Waals surface area contributed by atoms with E-state index < -0.39 is 0 Å². The monoisotopic (exact) mass is 1160 g/mol. The Kier molecular flexibility index (Phi) is 14.6. The van der Waals surface area contributed by atoms with Crippen LogP contribution in [0.3, 0.4) is 0 Å². The van der Waals surface area contributed by atoms with Crippen molar-refractivity contribution in [2.24, 2.45) is 32.5 Å². The summed E-state index contributed by atoms with van der Waals surface area (Å²) in [4.78, 5) is 0. The van der Waals surface area contributed by atoms with Crippen LogP contribution in [-0.2, 0) is 55.5 Å². The number of allylic oxidation sites excluding steroid dienone is 2. The van der Waals surface area contributed by atoms with E-state index in [9.17, 15) is 0 Å². The molecule has 0 aromatic heterocycles. The van der Waals surface area contributed by atoms with Crippen molar-refractivity contribution in [3.8, 4) is 33.4 Å². The van der Waals surface area contributed by atoms with Crippen molar-refractivity contribution in [3.05, 3.63) is 188 Å². The van der Waals surface area contributed by atoms with Crippen LogP contribution in [0.25, 0.3) is 33.4 Å². The average Bonchev–Trinajstić information content (AvgIpc) is 1.58. The largest absolute Gasteiger partial charge is 0.378 e. The van der Waals surface area contributed by atoms with Crippen molar-refractivity contribution in [2.45, 2.75) is 269 Å². The lowest BCUT2D eigenvalue weighted by Crippen LogP contribution is -2.63. The van der Waals surface area contributed by atoms with Gasteiger partial charge in [-0.2, -0.15) is 0 Å². The molecule has 0 radical (unpaired) electrons. The molecule has 0 N–H and O–H groups in total. The maximum atomic E-state index is 5.91. The normalized spacial score (nSPS) is 22.5. The second-order valence-electron chi connectivity index (χ2n) is 37.0. The average molecular weight is 1160 g/mol. The molecule has 1 unspecified atom stereocenters. The van der Waals surface area contributed by atoms with E-state index in [0.717, 1.165) is 19.4 Å². The zero-order valence-electron chi connectivity index (χ0n) is 59.6. The summed E-state index contributed by atoms with van der Waals surface area (Å²) >= 11 is 0. The SMILES string of the molecule is C/C=C(\C)Cc1ccc2c(c1)C1(c3ccccc3-2)C(C)(C)CC1(C)C.CC(C)(C)c1cc2c(cc1C(C)(C)C)C1(c3cc(C(C)(C)C)c(C(C)(C)C)cc3-2)C(C)(C)CC1(C)C.CC1(C)CC(C)(C)C12c1ccccc1-c1ccc(CC3CCCO3)cc12. The van der Waals surface area contributed by atoms with E-state index in [4.69, 9.17) is 4.74 Å². The van der Waals surface area contributed by atoms with Crippen LogP contribution in [0.15, 0.2) is 121 Å². The van der Waals surface area contributed by atoms with E-state index in [-0.39, 0.29) is 70.4 Å². The van der Waals surface area contributed by atoms with Gasteiger partial charge in [0.2, 0.25) is 0 Å². The van der Waals surface area contributed by atoms with Gasteiger partial charge in [-0.05, 0) is 213 Å². The summed E-state index contributed by atoms with van der Waals surface area (Å²) in [5, 5.41) is 0. The molecule has 6 aromatic carbocycles. The molecule has 7 aliphatic rings. The minimum Gasteiger partial charge on any atom is -0.378 e. The maximum absolute atomic E-state index is 5.91. The molecule has 87 heavy (non-hydrogen) atoms. The summed E-state index contributed by atoms with van der Waals surface area (Å²) in [5.41, 5.74) is 30.8. The molecule has 3 saturated carbocycles. The number of ether oxygens (including phenoxy) is 1. The van der Waals surface area contributed by atoms with Gasteiger partial charge in [0.25, 0.3) is 0 Å². The van der Waals surface area contributed by atoms with Crippen molar-refractivity contribution >= 4 is 0 Å². The van der Waals surface area contributed by atoms with Crippen molar-refractivity contribution in [2.75, 3.05) is 6.61 Å².